The van der Waals surface area contributed by atoms with E-state index in [4.69, 9.17) is 0 Å². The van der Waals surface area contributed by atoms with Crippen LogP contribution >= 0.6 is 0 Å². The molecule has 1 aliphatic rings. The van der Waals surface area contributed by atoms with Crippen molar-refractivity contribution in [3.8, 4) is 0 Å². The highest BCUT2D eigenvalue weighted by Crippen LogP contribution is 2.28. The van der Waals surface area contributed by atoms with E-state index in [0.29, 0.717) is 5.92 Å². The fourth-order valence-corrected chi connectivity index (χ4v) is 3.15. The third-order valence-corrected chi connectivity index (χ3v) is 4.64. The molecule has 1 N–H and O–H groups in total. The molecule has 0 aliphatic carbocycles. The molecule has 1 amide bonds. The second kappa shape index (κ2) is 8.02. The molecule has 2 aromatic rings. The molecule has 3 nitrogen and oxygen atoms in total. The van der Waals surface area contributed by atoms with Gasteiger partial charge in [0.05, 0.1) is 11.4 Å². The molecule has 0 spiro atoms. The molecule has 0 bridgehead atoms. The summed E-state index contributed by atoms with van der Waals surface area (Å²) in [6, 6.07) is 16.4. The maximum absolute atomic E-state index is 12.3. The van der Waals surface area contributed by atoms with Crippen molar-refractivity contribution in [2.24, 2.45) is 0 Å². The summed E-state index contributed by atoms with van der Waals surface area (Å²) in [5, 5.41) is 3.02. The standard InChI is InChI=1S/C22H26N2O/c1-17(2)19-12-9-18(10-13-19)11-14-22(25)23-20-7-3-4-8-21(20)24-15-5-6-16-24/h3-4,7-14,17H,5-6,15-16H2,1-2H3,(H,23,25)/b14-11+. The molecule has 0 unspecified atom stereocenters. The Morgan fingerprint density at radius 2 is 1.72 bits per heavy atom. The van der Waals surface area contributed by atoms with Crippen molar-refractivity contribution in [1.82, 2.24) is 0 Å². The van der Waals surface area contributed by atoms with Crippen LogP contribution in [0.2, 0.25) is 0 Å². The van der Waals surface area contributed by atoms with Crippen molar-refractivity contribution in [3.05, 3.63) is 65.7 Å². The fraction of sp³-hybridized carbons (Fsp3) is 0.318. The first-order valence-electron chi connectivity index (χ1n) is 9.06. The summed E-state index contributed by atoms with van der Waals surface area (Å²) in [6.45, 7) is 6.47. The van der Waals surface area contributed by atoms with Gasteiger partial charge in [-0.1, -0.05) is 50.2 Å². The zero-order valence-corrected chi connectivity index (χ0v) is 15.0. The van der Waals surface area contributed by atoms with Gasteiger partial charge in [0.25, 0.3) is 0 Å². The lowest BCUT2D eigenvalue weighted by Crippen LogP contribution is -2.20. The van der Waals surface area contributed by atoms with Crippen molar-refractivity contribution < 1.29 is 4.79 Å². The lowest BCUT2D eigenvalue weighted by atomic mass is 10.0. The summed E-state index contributed by atoms with van der Waals surface area (Å²) in [5.74, 6) is 0.419. The number of nitrogens with one attached hydrogen (secondary N) is 1. The van der Waals surface area contributed by atoms with Crippen LogP contribution in [0.4, 0.5) is 11.4 Å². The van der Waals surface area contributed by atoms with Crippen LogP contribution in [0.25, 0.3) is 6.08 Å². The van der Waals surface area contributed by atoms with E-state index in [1.54, 1.807) is 6.08 Å². The van der Waals surface area contributed by atoms with Gasteiger partial charge in [-0.2, -0.15) is 0 Å². The number of hydrogen-bond donors (Lipinski definition) is 1. The molecule has 0 atom stereocenters. The molecule has 25 heavy (non-hydrogen) atoms. The Hall–Kier alpha value is -2.55. The Balaban J connectivity index is 1.66. The number of rotatable bonds is 5. The minimum absolute atomic E-state index is 0.0976. The van der Waals surface area contributed by atoms with Crippen molar-refractivity contribution in [1.29, 1.82) is 0 Å². The molecule has 130 valence electrons. The quantitative estimate of drug-likeness (QED) is 0.775. The molecule has 3 heteroatoms. The number of carbonyl (C=O) groups excluding carboxylic acids is 1. The maximum atomic E-state index is 12.3. The number of benzene rings is 2. The summed E-state index contributed by atoms with van der Waals surface area (Å²) < 4.78 is 0. The first-order valence-corrected chi connectivity index (χ1v) is 9.06. The molecule has 0 aromatic heterocycles. The SMILES string of the molecule is CC(C)c1ccc(/C=C/C(=O)Nc2ccccc2N2CCCC2)cc1. The number of nitrogens with zero attached hydrogens (tertiary/aromatic N) is 1. The van der Waals surface area contributed by atoms with Gasteiger partial charge in [0.1, 0.15) is 0 Å². The molecule has 0 saturated carbocycles. The molecule has 1 heterocycles. The Labute approximate surface area is 150 Å². The van der Waals surface area contributed by atoms with E-state index >= 15 is 0 Å². The lowest BCUT2D eigenvalue weighted by molar-refractivity contribution is -0.111. The smallest absolute Gasteiger partial charge is 0.248 e. The first-order chi connectivity index (χ1) is 12.1. The largest absolute Gasteiger partial charge is 0.370 e. The van der Waals surface area contributed by atoms with E-state index in [0.717, 1.165) is 30.0 Å². The van der Waals surface area contributed by atoms with Gasteiger partial charge >= 0.3 is 0 Å². The number of anilines is 2. The average Bonchev–Trinajstić information content (AvgIpc) is 3.15. The van der Waals surface area contributed by atoms with Gasteiger partial charge in [0.2, 0.25) is 5.91 Å². The molecular formula is C22H26N2O. The molecule has 2 aromatic carbocycles. The highest BCUT2D eigenvalue weighted by Gasteiger charge is 2.15. The number of para-hydroxylation sites is 2. The van der Waals surface area contributed by atoms with E-state index in [2.05, 4.69) is 54.4 Å². The predicted octanol–water partition coefficient (Wildman–Crippen LogP) is 5.06. The molecule has 1 saturated heterocycles. The van der Waals surface area contributed by atoms with Gasteiger partial charge in [-0.25, -0.2) is 0 Å². The van der Waals surface area contributed by atoms with Crippen LogP contribution in [0.15, 0.2) is 54.6 Å². The number of carbonyl (C=O) groups is 1. The maximum Gasteiger partial charge on any atom is 0.248 e. The zero-order valence-electron chi connectivity index (χ0n) is 15.0. The van der Waals surface area contributed by atoms with Crippen molar-refractivity contribution in [2.45, 2.75) is 32.6 Å². The van der Waals surface area contributed by atoms with Gasteiger partial charge in [0.15, 0.2) is 0 Å². The summed E-state index contributed by atoms with van der Waals surface area (Å²) in [4.78, 5) is 14.6. The Morgan fingerprint density at radius 1 is 1.04 bits per heavy atom. The van der Waals surface area contributed by atoms with Crippen LogP contribution < -0.4 is 10.2 Å². The van der Waals surface area contributed by atoms with Crippen LogP contribution in [-0.4, -0.2) is 19.0 Å². The van der Waals surface area contributed by atoms with E-state index in [1.807, 2.05) is 24.3 Å². The van der Waals surface area contributed by atoms with E-state index in [9.17, 15) is 4.79 Å². The second-order valence-electron chi connectivity index (χ2n) is 6.86. The fourth-order valence-electron chi connectivity index (χ4n) is 3.15. The molecule has 1 fully saturated rings. The van der Waals surface area contributed by atoms with Crippen molar-refractivity contribution in [2.75, 3.05) is 23.3 Å². The average molecular weight is 334 g/mol. The van der Waals surface area contributed by atoms with Gasteiger partial charge in [0, 0.05) is 19.2 Å². The topological polar surface area (TPSA) is 32.3 Å². The van der Waals surface area contributed by atoms with Gasteiger partial charge in [-0.05, 0) is 48.1 Å². The van der Waals surface area contributed by atoms with Crippen LogP contribution in [0.3, 0.4) is 0 Å². The van der Waals surface area contributed by atoms with Crippen LogP contribution in [0.5, 0.6) is 0 Å². The Kier molecular flexibility index (Phi) is 5.54. The van der Waals surface area contributed by atoms with Gasteiger partial charge < -0.3 is 10.2 Å². The Morgan fingerprint density at radius 3 is 2.40 bits per heavy atom. The minimum Gasteiger partial charge on any atom is -0.370 e. The number of amides is 1. The van der Waals surface area contributed by atoms with E-state index in [-0.39, 0.29) is 5.91 Å². The minimum atomic E-state index is -0.0976. The van der Waals surface area contributed by atoms with E-state index in [1.165, 1.54) is 18.4 Å². The van der Waals surface area contributed by atoms with Gasteiger partial charge in [-0.15, -0.1) is 0 Å². The highest BCUT2D eigenvalue weighted by atomic mass is 16.1. The third kappa shape index (κ3) is 4.50. The van der Waals surface area contributed by atoms with Crippen LogP contribution in [0, 0.1) is 0 Å². The van der Waals surface area contributed by atoms with Gasteiger partial charge in [-0.3, -0.25) is 4.79 Å². The monoisotopic (exact) mass is 334 g/mol. The third-order valence-electron chi connectivity index (χ3n) is 4.64. The molecule has 1 aliphatic heterocycles. The summed E-state index contributed by atoms with van der Waals surface area (Å²) in [5.41, 5.74) is 4.34. The molecular weight excluding hydrogens is 308 g/mol. The molecule has 0 radical (unpaired) electrons. The summed E-state index contributed by atoms with van der Waals surface area (Å²) >= 11 is 0. The lowest BCUT2D eigenvalue weighted by Gasteiger charge is -2.21. The van der Waals surface area contributed by atoms with Crippen molar-refractivity contribution >= 4 is 23.4 Å². The Bertz CT molecular complexity index is 741. The second-order valence-corrected chi connectivity index (χ2v) is 6.86. The summed E-state index contributed by atoms with van der Waals surface area (Å²) in [6.07, 6.45) is 5.90. The first kappa shape index (κ1) is 17.3. The predicted molar refractivity (Wildman–Crippen MR) is 106 cm³/mol. The van der Waals surface area contributed by atoms with Crippen LogP contribution in [0.1, 0.15) is 43.7 Å². The summed E-state index contributed by atoms with van der Waals surface area (Å²) in [7, 11) is 0. The highest BCUT2D eigenvalue weighted by molar-refractivity contribution is 6.03. The van der Waals surface area contributed by atoms with Crippen LogP contribution in [-0.2, 0) is 4.79 Å². The number of hydrogen-bond acceptors (Lipinski definition) is 2. The van der Waals surface area contributed by atoms with E-state index < -0.39 is 0 Å². The normalized spacial score (nSPS) is 14.4. The zero-order chi connectivity index (χ0) is 17.6. The molecule has 3 rings (SSSR count). The van der Waals surface area contributed by atoms with Crippen molar-refractivity contribution in [3.63, 3.8) is 0 Å².